The quantitative estimate of drug-likeness (QED) is 0.138. The van der Waals surface area contributed by atoms with Gasteiger partial charge in [0.15, 0.2) is 0 Å². The second kappa shape index (κ2) is 17.0. The molecular formula is C58H41N3. The molecule has 0 aliphatic heterocycles. The van der Waals surface area contributed by atoms with Gasteiger partial charge in [-0.2, -0.15) is 0 Å². The number of hydrogen-bond donors (Lipinski definition) is 0. The lowest BCUT2D eigenvalue weighted by atomic mass is 9.86. The highest BCUT2D eigenvalue weighted by atomic mass is 15.2. The molecule has 10 rings (SSSR count). The highest BCUT2D eigenvalue weighted by Crippen LogP contribution is 2.53. The zero-order chi connectivity index (χ0) is 40.8. The third kappa shape index (κ3) is 7.53. The summed E-state index contributed by atoms with van der Waals surface area (Å²) in [6, 6.07) is 80.3. The Kier molecular flexibility index (Phi) is 10.3. The maximum absolute atomic E-state index is 4.73. The third-order valence-corrected chi connectivity index (χ3v) is 11.2. The zero-order valence-corrected chi connectivity index (χ0v) is 33.5. The maximum atomic E-state index is 4.73. The molecule has 0 bridgehead atoms. The van der Waals surface area contributed by atoms with E-state index in [0.717, 1.165) is 95.0 Å². The van der Waals surface area contributed by atoms with Gasteiger partial charge in [0.05, 0.1) is 17.1 Å². The van der Waals surface area contributed by atoms with Crippen LogP contribution in [0.15, 0.2) is 249 Å². The van der Waals surface area contributed by atoms with Crippen LogP contribution in [0.5, 0.6) is 0 Å². The van der Waals surface area contributed by atoms with Crippen LogP contribution >= 0.6 is 0 Å². The van der Waals surface area contributed by atoms with E-state index >= 15 is 0 Å². The molecule has 288 valence electrons. The largest absolute Gasteiger partial charge is 0.309 e. The standard InChI is InChI=1S/C58H41N3/c1-6-20-42(21-7-1)49-36-52(45-26-12-4-13-27-45)57(47-30-18-34-59-40-47)55(38-49)61(54-33-17-16-32-51(54)44-24-10-3-11-25-44)56-39-50(43-22-8-2-9-23-43)37-53(46-28-14-5-15-29-46)58(56)48-31-19-35-60-41-48/h1-41H. The van der Waals surface area contributed by atoms with Crippen molar-refractivity contribution in [3.63, 3.8) is 0 Å². The lowest BCUT2D eigenvalue weighted by Crippen LogP contribution is -2.15. The van der Waals surface area contributed by atoms with Crippen LogP contribution in [0.1, 0.15) is 0 Å². The number of benzene rings is 8. The van der Waals surface area contributed by atoms with Gasteiger partial charge in [-0.05, 0) is 92.5 Å². The molecule has 8 aromatic carbocycles. The van der Waals surface area contributed by atoms with E-state index in [1.54, 1.807) is 0 Å². The Morgan fingerprint density at radius 2 is 0.590 bits per heavy atom. The number of aromatic nitrogens is 2. The molecule has 0 radical (unpaired) electrons. The second-order valence-electron chi connectivity index (χ2n) is 15.0. The fraction of sp³-hybridized carbons (Fsp3) is 0. The predicted molar refractivity (Wildman–Crippen MR) is 255 cm³/mol. The zero-order valence-electron chi connectivity index (χ0n) is 33.5. The minimum absolute atomic E-state index is 1.02. The third-order valence-electron chi connectivity index (χ3n) is 11.2. The fourth-order valence-corrected chi connectivity index (χ4v) is 8.44. The number of nitrogens with zero attached hydrogens (tertiary/aromatic N) is 3. The first kappa shape index (κ1) is 37.2. The first-order valence-electron chi connectivity index (χ1n) is 20.6. The second-order valence-corrected chi connectivity index (χ2v) is 15.0. The molecule has 2 aromatic heterocycles. The summed E-state index contributed by atoms with van der Waals surface area (Å²) in [4.78, 5) is 12.0. The van der Waals surface area contributed by atoms with E-state index in [1.807, 2.05) is 36.9 Å². The van der Waals surface area contributed by atoms with E-state index in [0.29, 0.717) is 0 Å². The van der Waals surface area contributed by atoms with Gasteiger partial charge in [-0.3, -0.25) is 9.97 Å². The first-order chi connectivity index (χ1) is 30.3. The van der Waals surface area contributed by atoms with Crippen LogP contribution in [-0.4, -0.2) is 9.97 Å². The molecule has 2 heterocycles. The van der Waals surface area contributed by atoms with Crippen molar-refractivity contribution in [1.29, 1.82) is 0 Å². The van der Waals surface area contributed by atoms with Crippen molar-refractivity contribution in [3.05, 3.63) is 249 Å². The van der Waals surface area contributed by atoms with Crippen LogP contribution in [0.4, 0.5) is 17.1 Å². The Balaban J connectivity index is 1.43. The van der Waals surface area contributed by atoms with Crippen molar-refractivity contribution < 1.29 is 0 Å². The molecule has 0 saturated carbocycles. The minimum Gasteiger partial charge on any atom is -0.309 e. The van der Waals surface area contributed by atoms with E-state index in [-0.39, 0.29) is 0 Å². The minimum atomic E-state index is 1.02. The van der Waals surface area contributed by atoms with Gasteiger partial charge >= 0.3 is 0 Å². The highest BCUT2D eigenvalue weighted by Gasteiger charge is 2.28. The topological polar surface area (TPSA) is 29.0 Å². The number of para-hydroxylation sites is 1. The van der Waals surface area contributed by atoms with Gasteiger partial charge in [-0.15, -0.1) is 0 Å². The number of anilines is 3. The molecule has 0 aliphatic rings. The van der Waals surface area contributed by atoms with Crippen LogP contribution in [0.3, 0.4) is 0 Å². The highest BCUT2D eigenvalue weighted by molar-refractivity contribution is 6.06. The lowest BCUT2D eigenvalue weighted by molar-refractivity contribution is 1.27. The summed E-state index contributed by atoms with van der Waals surface area (Å²) in [5.41, 5.74) is 18.4. The summed E-state index contributed by atoms with van der Waals surface area (Å²) in [7, 11) is 0. The van der Waals surface area contributed by atoms with E-state index in [1.165, 1.54) is 0 Å². The average Bonchev–Trinajstić information content (AvgIpc) is 3.35. The van der Waals surface area contributed by atoms with Gasteiger partial charge in [-0.25, -0.2) is 0 Å². The molecule has 0 spiro atoms. The first-order valence-corrected chi connectivity index (χ1v) is 20.6. The number of pyridine rings is 2. The summed E-state index contributed by atoms with van der Waals surface area (Å²) in [6.45, 7) is 0. The van der Waals surface area contributed by atoms with Gasteiger partial charge in [0, 0.05) is 52.6 Å². The number of rotatable bonds is 10. The molecule has 0 amide bonds. The predicted octanol–water partition coefficient (Wildman–Crippen LogP) is 15.6. The van der Waals surface area contributed by atoms with Gasteiger partial charge in [0.25, 0.3) is 0 Å². The van der Waals surface area contributed by atoms with Gasteiger partial charge in [0.2, 0.25) is 0 Å². The van der Waals surface area contributed by atoms with E-state index < -0.39 is 0 Å². The molecule has 0 N–H and O–H groups in total. The van der Waals surface area contributed by atoms with Crippen molar-refractivity contribution in [2.24, 2.45) is 0 Å². The fourth-order valence-electron chi connectivity index (χ4n) is 8.44. The molecule has 10 aromatic rings. The monoisotopic (exact) mass is 779 g/mol. The van der Waals surface area contributed by atoms with Crippen LogP contribution in [-0.2, 0) is 0 Å². The molecule has 61 heavy (non-hydrogen) atoms. The molecule has 0 fully saturated rings. The average molecular weight is 780 g/mol. The maximum Gasteiger partial charge on any atom is 0.0553 e. The Morgan fingerprint density at radius 3 is 0.984 bits per heavy atom. The van der Waals surface area contributed by atoms with Crippen molar-refractivity contribution in [2.45, 2.75) is 0 Å². The summed E-state index contributed by atoms with van der Waals surface area (Å²) in [5.74, 6) is 0. The molecule has 3 heteroatoms. The molecule has 0 saturated heterocycles. The summed E-state index contributed by atoms with van der Waals surface area (Å²) < 4.78 is 0. The molecular weight excluding hydrogens is 739 g/mol. The Bertz CT molecular complexity index is 2860. The summed E-state index contributed by atoms with van der Waals surface area (Å²) >= 11 is 0. The lowest BCUT2D eigenvalue weighted by Gasteiger charge is -2.34. The van der Waals surface area contributed by atoms with Crippen molar-refractivity contribution in [1.82, 2.24) is 9.97 Å². The molecule has 0 aliphatic carbocycles. The van der Waals surface area contributed by atoms with Gasteiger partial charge in [0.1, 0.15) is 0 Å². The van der Waals surface area contributed by atoms with Crippen molar-refractivity contribution in [3.8, 4) is 77.9 Å². The van der Waals surface area contributed by atoms with Crippen LogP contribution in [0, 0.1) is 0 Å². The van der Waals surface area contributed by atoms with E-state index in [2.05, 4.69) is 217 Å². The smallest absolute Gasteiger partial charge is 0.0553 e. The SMILES string of the molecule is c1ccc(-c2cc(-c3ccccc3)c(-c3cccnc3)c(N(c3ccccc3-c3ccccc3)c3cc(-c4ccccc4)cc(-c4ccccc4)c3-c3cccnc3)c2)cc1. The van der Waals surface area contributed by atoms with E-state index in [9.17, 15) is 0 Å². The van der Waals surface area contributed by atoms with Gasteiger partial charge in [-0.1, -0.05) is 182 Å². The summed E-state index contributed by atoms with van der Waals surface area (Å²) in [5, 5.41) is 0. The Hall–Kier alpha value is -8.14. The Labute approximate surface area is 357 Å². The number of hydrogen-bond acceptors (Lipinski definition) is 3. The van der Waals surface area contributed by atoms with E-state index in [4.69, 9.17) is 9.97 Å². The van der Waals surface area contributed by atoms with Crippen LogP contribution in [0.2, 0.25) is 0 Å². The van der Waals surface area contributed by atoms with Crippen LogP contribution < -0.4 is 4.90 Å². The van der Waals surface area contributed by atoms with Gasteiger partial charge < -0.3 is 4.90 Å². The van der Waals surface area contributed by atoms with Crippen LogP contribution in [0.25, 0.3) is 77.9 Å². The molecule has 3 nitrogen and oxygen atoms in total. The van der Waals surface area contributed by atoms with Crippen molar-refractivity contribution >= 4 is 17.1 Å². The molecule has 0 unspecified atom stereocenters. The normalized spacial score (nSPS) is 11.0. The Morgan fingerprint density at radius 1 is 0.246 bits per heavy atom. The summed E-state index contributed by atoms with van der Waals surface area (Å²) in [6.07, 6.45) is 7.68. The molecule has 0 atom stereocenters. The van der Waals surface area contributed by atoms with Crippen molar-refractivity contribution in [2.75, 3.05) is 4.90 Å².